The highest BCUT2D eigenvalue weighted by Crippen LogP contribution is 2.27. The summed E-state index contributed by atoms with van der Waals surface area (Å²) in [5, 5.41) is 0.380. The van der Waals surface area contributed by atoms with Crippen LogP contribution in [0.2, 0.25) is 5.02 Å². The summed E-state index contributed by atoms with van der Waals surface area (Å²) in [4.78, 5) is 0. The molecular formula is C15H13BrClFO. The molecule has 2 aromatic carbocycles. The van der Waals surface area contributed by atoms with E-state index in [0.29, 0.717) is 11.6 Å². The molecule has 0 aliphatic heterocycles. The van der Waals surface area contributed by atoms with E-state index in [9.17, 15) is 4.39 Å². The van der Waals surface area contributed by atoms with E-state index in [4.69, 9.17) is 16.3 Å². The van der Waals surface area contributed by atoms with E-state index in [0.717, 1.165) is 26.9 Å². The zero-order chi connectivity index (χ0) is 14.0. The van der Waals surface area contributed by atoms with Crippen LogP contribution in [0.1, 0.15) is 16.7 Å². The standard InChI is InChI=1S/C15H13BrClFO/c1-9-5-13(6-10(2)15(9)16)19-8-11-3-4-12(18)7-14(11)17/h3-7H,8H2,1-2H3. The Morgan fingerprint density at radius 3 is 2.37 bits per heavy atom. The van der Waals surface area contributed by atoms with E-state index in [1.54, 1.807) is 6.07 Å². The lowest BCUT2D eigenvalue weighted by molar-refractivity contribution is 0.305. The van der Waals surface area contributed by atoms with Crippen molar-refractivity contribution in [3.05, 3.63) is 62.3 Å². The minimum atomic E-state index is -0.343. The lowest BCUT2D eigenvalue weighted by atomic mass is 10.1. The number of halogens is 3. The first-order chi connectivity index (χ1) is 8.97. The van der Waals surface area contributed by atoms with Crippen LogP contribution in [0.4, 0.5) is 4.39 Å². The quantitative estimate of drug-likeness (QED) is 0.721. The molecule has 2 aromatic rings. The summed E-state index contributed by atoms with van der Waals surface area (Å²) in [6, 6.07) is 8.21. The van der Waals surface area contributed by atoms with Crippen LogP contribution in [0.3, 0.4) is 0 Å². The van der Waals surface area contributed by atoms with Gasteiger partial charge in [-0.05, 0) is 49.2 Å². The maximum Gasteiger partial charge on any atom is 0.124 e. The van der Waals surface area contributed by atoms with E-state index in [1.807, 2.05) is 26.0 Å². The van der Waals surface area contributed by atoms with Gasteiger partial charge in [0, 0.05) is 10.0 Å². The van der Waals surface area contributed by atoms with E-state index >= 15 is 0 Å². The largest absolute Gasteiger partial charge is 0.489 e. The van der Waals surface area contributed by atoms with Crippen molar-refractivity contribution in [3.63, 3.8) is 0 Å². The van der Waals surface area contributed by atoms with E-state index in [1.165, 1.54) is 12.1 Å². The number of benzene rings is 2. The molecule has 0 saturated carbocycles. The van der Waals surface area contributed by atoms with Gasteiger partial charge in [-0.2, -0.15) is 0 Å². The second-order valence-corrected chi connectivity index (χ2v) is 5.60. The predicted molar refractivity (Wildman–Crippen MR) is 79.4 cm³/mol. The zero-order valence-electron chi connectivity index (χ0n) is 10.6. The van der Waals surface area contributed by atoms with Gasteiger partial charge in [0.15, 0.2) is 0 Å². The van der Waals surface area contributed by atoms with E-state index in [2.05, 4.69) is 15.9 Å². The molecule has 0 aliphatic carbocycles. The Balaban J connectivity index is 2.14. The molecule has 0 spiro atoms. The molecule has 0 fully saturated rings. The van der Waals surface area contributed by atoms with Gasteiger partial charge in [-0.15, -0.1) is 0 Å². The van der Waals surface area contributed by atoms with Crippen LogP contribution in [-0.4, -0.2) is 0 Å². The molecule has 0 amide bonds. The highest BCUT2D eigenvalue weighted by molar-refractivity contribution is 9.10. The molecule has 0 heterocycles. The third kappa shape index (κ3) is 3.48. The van der Waals surface area contributed by atoms with Crippen LogP contribution < -0.4 is 4.74 Å². The Kier molecular flexibility index (Phi) is 4.48. The Hall–Kier alpha value is -1.06. The fraction of sp³-hybridized carbons (Fsp3) is 0.200. The Morgan fingerprint density at radius 2 is 1.79 bits per heavy atom. The maximum absolute atomic E-state index is 12.9. The molecule has 0 bridgehead atoms. The minimum Gasteiger partial charge on any atom is -0.489 e. The van der Waals surface area contributed by atoms with Gasteiger partial charge in [-0.3, -0.25) is 0 Å². The third-order valence-electron chi connectivity index (χ3n) is 2.82. The van der Waals surface area contributed by atoms with Crippen LogP contribution in [-0.2, 0) is 6.61 Å². The van der Waals surface area contributed by atoms with Gasteiger partial charge in [0.05, 0.1) is 5.02 Å². The van der Waals surface area contributed by atoms with Crippen molar-refractivity contribution in [2.75, 3.05) is 0 Å². The average molecular weight is 344 g/mol. The molecule has 0 radical (unpaired) electrons. The number of rotatable bonds is 3. The molecule has 4 heteroatoms. The summed E-state index contributed by atoms with van der Waals surface area (Å²) in [5.74, 6) is 0.433. The van der Waals surface area contributed by atoms with Gasteiger partial charge in [0.2, 0.25) is 0 Å². The van der Waals surface area contributed by atoms with Crippen molar-refractivity contribution >= 4 is 27.5 Å². The van der Waals surface area contributed by atoms with Crippen LogP contribution in [0.5, 0.6) is 5.75 Å². The van der Waals surface area contributed by atoms with Crippen molar-refractivity contribution in [2.45, 2.75) is 20.5 Å². The maximum atomic E-state index is 12.9. The normalized spacial score (nSPS) is 10.6. The zero-order valence-corrected chi connectivity index (χ0v) is 13.0. The lowest BCUT2D eigenvalue weighted by Crippen LogP contribution is -1.98. The molecule has 2 rings (SSSR count). The number of hydrogen-bond donors (Lipinski definition) is 0. The second-order valence-electron chi connectivity index (χ2n) is 4.40. The summed E-state index contributed by atoms with van der Waals surface area (Å²) in [6.45, 7) is 4.34. The van der Waals surface area contributed by atoms with Gasteiger partial charge >= 0.3 is 0 Å². The van der Waals surface area contributed by atoms with E-state index < -0.39 is 0 Å². The first kappa shape index (κ1) is 14.4. The van der Waals surface area contributed by atoms with Gasteiger partial charge in [-0.1, -0.05) is 33.6 Å². The van der Waals surface area contributed by atoms with Gasteiger partial charge in [0.1, 0.15) is 18.2 Å². The minimum absolute atomic E-state index is 0.319. The molecule has 0 aromatic heterocycles. The fourth-order valence-electron chi connectivity index (χ4n) is 1.79. The number of aryl methyl sites for hydroxylation is 2. The third-order valence-corrected chi connectivity index (χ3v) is 4.42. The number of hydrogen-bond acceptors (Lipinski definition) is 1. The lowest BCUT2D eigenvalue weighted by Gasteiger charge is -2.11. The fourth-order valence-corrected chi connectivity index (χ4v) is 2.24. The van der Waals surface area contributed by atoms with Gasteiger partial charge in [-0.25, -0.2) is 4.39 Å². The first-order valence-corrected chi connectivity index (χ1v) is 6.98. The molecule has 0 N–H and O–H groups in total. The van der Waals surface area contributed by atoms with Crippen LogP contribution >= 0.6 is 27.5 Å². The topological polar surface area (TPSA) is 9.23 Å². The Labute approximate surface area is 125 Å². The van der Waals surface area contributed by atoms with Crippen LogP contribution in [0.25, 0.3) is 0 Å². The summed E-state index contributed by atoms with van der Waals surface area (Å²) in [7, 11) is 0. The van der Waals surface area contributed by atoms with Crippen LogP contribution in [0, 0.1) is 19.7 Å². The van der Waals surface area contributed by atoms with Crippen molar-refractivity contribution in [1.29, 1.82) is 0 Å². The van der Waals surface area contributed by atoms with Gasteiger partial charge < -0.3 is 4.74 Å². The molecule has 100 valence electrons. The van der Waals surface area contributed by atoms with Crippen molar-refractivity contribution in [1.82, 2.24) is 0 Å². The summed E-state index contributed by atoms with van der Waals surface area (Å²) < 4.78 is 19.7. The highest BCUT2D eigenvalue weighted by Gasteiger charge is 2.06. The molecule has 1 nitrogen and oxygen atoms in total. The summed E-state index contributed by atoms with van der Waals surface area (Å²) >= 11 is 9.47. The van der Waals surface area contributed by atoms with Gasteiger partial charge in [0.25, 0.3) is 0 Å². The molecular weight excluding hydrogens is 331 g/mol. The van der Waals surface area contributed by atoms with Crippen LogP contribution in [0.15, 0.2) is 34.8 Å². The van der Waals surface area contributed by atoms with Crippen molar-refractivity contribution < 1.29 is 9.13 Å². The second kappa shape index (κ2) is 5.93. The molecule has 0 unspecified atom stereocenters. The molecule has 0 saturated heterocycles. The highest BCUT2D eigenvalue weighted by atomic mass is 79.9. The Bertz CT molecular complexity index is 590. The summed E-state index contributed by atoms with van der Waals surface area (Å²) in [6.07, 6.45) is 0. The smallest absolute Gasteiger partial charge is 0.124 e. The predicted octanol–water partition coefficient (Wildman–Crippen LogP) is 5.44. The Morgan fingerprint density at radius 1 is 1.16 bits per heavy atom. The molecule has 19 heavy (non-hydrogen) atoms. The number of ether oxygens (including phenoxy) is 1. The first-order valence-electron chi connectivity index (χ1n) is 5.81. The van der Waals surface area contributed by atoms with Crippen molar-refractivity contribution in [3.8, 4) is 5.75 Å². The molecule has 0 atom stereocenters. The van der Waals surface area contributed by atoms with Crippen molar-refractivity contribution in [2.24, 2.45) is 0 Å². The van der Waals surface area contributed by atoms with E-state index in [-0.39, 0.29) is 5.82 Å². The average Bonchev–Trinajstić information content (AvgIpc) is 2.34. The SMILES string of the molecule is Cc1cc(OCc2ccc(F)cc2Cl)cc(C)c1Br. The monoisotopic (exact) mass is 342 g/mol. The summed E-state index contributed by atoms with van der Waals surface area (Å²) in [5.41, 5.74) is 2.99. The molecule has 0 aliphatic rings.